The molecule has 0 aromatic heterocycles. The molecule has 1 atom stereocenters. The molecule has 0 bridgehead atoms. The highest BCUT2D eigenvalue weighted by atomic mass is 19.1. The third kappa shape index (κ3) is 3.60. The van der Waals surface area contributed by atoms with E-state index in [4.69, 9.17) is 0 Å². The standard InChI is InChI=1S/C15H19F2NO/c1-2-11-4-3-7-18(9-11)10-15(19)13-8-12(16)5-6-14(13)17/h5-6,8,11H,2-4,7,9-10H2,1H3. The Morgan fingerprint density at radius 1 is 1.42 bits per heavy atom. The first kappa shape index (κ1) is 14.1. The molecule has 2 nitrogen and oxygen atoms in total. The summed E-state index contributed by atoms with van der Waals surface area (Å²) in [5, 5.41) is 0. The fraction of sp³-hybridized carbons (Fsp3) is 0.533. The molecule has 0 radical (unpaired) electrons. The van der Waals surface area contributed by atoms with Gasteiger partial charge >= 0.3 is 0 Å². The number of likely N-dealkylation sites (tertiary alicyclic amines) is 1. The number of hydrogen-bond donors (Lipinski definition) is 0. The van der Waals surface area contributed by atoms with Gasteiger partial charge in [0, 0.05) is 6.54 Å². The van der Waals surface area contributed by atoms with Gasteiger partial charge in [0.05, 0.1) is 12.1 Å². The lowest BCUT2D eigenvalue weighted by Crippen LogP contribution is -2.38. The molecule has 19 heavy (non-hydrogen) atoms. The van der Waals surface area contributed by atoms with Crippen LogP contribution in [0.15, 0.2) is 18.2 Å². The summed E-state index contributed by atoms with van der Waals surface area (Å²) < 4.78 is 26.6. The van der Waals surface area contributed by atoms with E-state index >= 15 is 0 Å². The Hall–Kier alpha value is -1.29. The SMILES string of the molecule is CCC1CCCN(CC(=O)c2cc(F)ccc2F)C1. The van der Waals surface area contributed by atoms with Crippen LogP contribution in [-0.4, -0.2) is 30.3 Å². The van der Waals surface area contributed by atoms with Crippen molar-refractivity contribution in [3.63, 3.8) is 0 Å². The van der Waals surface area contributed by atoms with Gasteiger partial charge in [-0.3, -0.25) is 9.69 Å². The largest absolute Gasteiger partial charge is 0.296 e. The maximum absolute atomic E-state index is 13.5. The van der Waals surface area contributed by atoms with Crippen LogP contribution in [0.3, 0.4) is 0 Å². The summed E-state index contributed by atoms with van der Waals surface area (Å²) in [5.41, 5.74) is -0.140. The molecule has 104 valence electrons. The first-order valence-electron chi connectivity index (χ1n) is 6.80. The Bertz CT molecular complexity index is 461. The van der Waals surface area contributed by atoms with Crippen molar-refractivity contribution in [2.45, 2.75) is 26.2 Å². The van der Waals surface area contributed by atoms with E-state index in [-0.39, 0.29) is 17.9 Å². The summed E-state index contributed by atoms with van der Waals surface area (Å²) in [6, 6.07) is 3.02. The Balaban J connectivity index is 2.02. The lowest BCUT2D eigenvalue weighted by Gasteiger charge is -2.31. The van der Waals surface area contributed by atoms with Gasteiger partial charge in [0.1, 0.15) is 11.6 Å². The molecule has 1 saturated heterocycles. The molecule has 1 aromatic carbocycles. The molecular formula is C15H19F2NO. The lowest BCUT2D eigenvalue weighted by molar-refractivity contribution is 0.0880. The average Bonchev–Trinajstić information content (AvgIpc) is 2.41. The van der Waals surface area contributed by atoms with Gasteiger partial charge in [0.2, 0.25) is 0 Å². The van der Waals surface area contributed by atoms with Crippen LogP contribution < -0.4 is 0 Å². The zero-order valence-electron chi connectivity index (χ0n) is 11.2. The van der Waals surface area contributed by atoms with Crippen LogP contribution in [0.1, 0.15) is 36.5 Å². The van der Waals surface area contributed by atoms with Crippen LogP contribution in [0, 0.1) is 17.6 Å². The van der Waals surface area contributed by atoms with Crippen LogP contribution in [0.2, 0.25) is 0 Å². The van der Waals surface area contributed by atoms with Crippen LogP contribution in [0.4, 0.5) is 8.78 Å². The molecule has 0 N–H and O–H groups in total. The van der Waals surface area contributed by atoms with E-state index in [0.29, 0.717) is 5.92 Å². The molecule has 1 fully saturated rings. The van der Waals surface area contributed by atoms with E-state index in [1.165, 1.54) is 6.42 Å². The molecule has 1 aliphatic heterocycles. The summed E-state index contributed by atoms with van der Waals surface area (Å²) in [4.78, 5) is 14.1. The fourth-order valence-electron chi connectivity index (χ4n) is 2.63. The first-order valence-corrected chi connectivity index (χ1v) is 6.80. The van der Waals surface area contributed by atoms with E-state index in [2.05, 4.69) is 6.92 Å². The normalized spacial score (nSPS) is 20.5. The minimum atomic E-state index is -0.643. The van der Waals surface area contributed by atoms with Crippen molar-refractivity contribution < 1.29 is 13.6 Å². The monoisotopic (exact) mass is 267 g/mol. The summed E-state index contributed by atoms with van der Waals surface area (Å²) in [7, 11) is 0. The van der Waals surface area contributed by atoms with Crippen LogP contribution >= 0.6 is 0 Å². The molecule has 0 aliphatic carbocycles. The highest BCUT2D eigenvalue weighted by molar-refractivity contribution is 5.97. The smallest absolute Gasteiger partial charge is 0.179 e. The number of halogens is 2. The van der Waals surface area contributed by atoms with Crippen molar-refractivity contribution in [1.29, 1.82) is 0 Å². The van der Waals surface area contributed by atoms with E-state index in [1.807, 2.05) is 4.90 Å². The van der Waals surface area contributed by atoms with Crippen molar-refractivity contribution in [2.24, 2.45) is 5.92 Å². The molecule has 1 aliphatic rings. The second-order valence-electron chi connectivity index (χ2n) is 5.20. The zero-order chi connectivity index (χ0) is 13.8. The number of benzene rings is 1. The third-order valence-corrected chi connectivity index (χ3v) is 3.78. The van der Waals surface area contributed by atoms with E-state index in [9.17, 15) is 13.6 Å². The van der Waals surface area contributed by atoms with Crippen molar-refractivity contribution in [1.82, 2.24) is 4.90 Å². The van der Waals surface area contributed by atoms with E-state index in [0.717, 1.165) is 44.1 Å². The third-order valence-electron chi connectivity index (χ3n) is 3.78. The van der Waals surface area contributed by atoms with Gasteiger partial charge in [0.25, 0.3) is 0 Å². The topological polar surface area (TPSA) is 20.3 Å². The van der Waals surface area contributed by atoms with Crippen molar-refractivity contribution >= 4 is 5.78 Å². The van der Waals surface area contributed by atoms with Gasteiger partial charge in [-0.1, -0.05) is 13.3 Å². The second kappa shape index (κ2) is 6.24. The summed E-state index contributed by atoms with van der Waals surface area (Å²) >= 11 is 0. The molecule has 1 heterocycles. The minimum Gasteiger partial charge on any atom is -0.296 e. The Morgan fingerprint density at radius 3 is 2.95 bits per heavy atom. The number of hydrogen-bond acceptors (Lipinski definition) is 2. The van der Waals surface area contributed by atoms with Gasteiger partial charge in [-0.05, 0) is 43.5 Å². The van der Waals surface area contributed by atoms with Gasteiger partial charge in [-0.25, -0.2) is 8.78 Å². The number of carbonyl (C=O) groups excluding carboxylic acids is 1. The highest BCUT2D eigenvalue weighted by Gasteiger charge is 2.22. The molecule has 1 unspecified atom stereocenters. The molecule has 1 aromatic rings. The zero-order valence-corrected chi connectivity index (χ0v) is 11.2. The quantitative estimate of drug-likeness (QED) is 0.780. The van der Waals surface area contributed by atoms with Gasteiger partial charge in [0.15, 0.2) is 5.78 Å². The summed E-state index contributed by atoms with van der Waals surface area (Å²) in [5.74, 6) is -0.946. The lowest BCUT2D eigenvalue weighted by atomic mass is 9.95. The predicted octanol–water partition coefficient (Wildman–Crippen LogP) is 3.27. The van der Waals surface area contributed by atoms with Crippen molar-refractivity contribution in [3.05, 3.63) is 35.4 Å². The maximum Gasteiger partial charge on any atom is 0.179 e. The number of carbonyl (C=O) groups is 1. The van der Waals surface area contributed by atoms with Crippen LogP contribution in [0.5, 0.6) is 0 Å². The molecule has 4 heteroatoms. The number of Topliss-reactive ketones (excluding diaryl/α,β-unsaturated/α-hetero) is 1. The Labute approximate surface area is 112 Å². The molecule has 0 amide bonds. The second-order valence-corrected chi connectivity index (χ2v) is 5.20. The predicted molar refractivity (Wildman–Crippen MR) is 70.1 cm³/mol. The number of rotatable bonds is 4. The van der Waals surface area contributed by atoms with Gasteiger partial charge in [-0.15, -0.1) is 0 Å². The number of nitrogens with zero attached hydrogens (tertiary/aromatic N) is 1. The maximum atomic E-state index is 13.5. The molecule has 2 rings (SSSR count). The Morgan fingerprint density at radius 2 is 2.21 bits per heavy atom. The average molecular weight is 267 g/mol. The van der Waals surface area contributed by atoms with Crippen molar-refractivity contribution in [2.75, 3.05) is 19.6 Å². The number of piperidine rings is 1. The molecule has 0 spiro atoms. The molecule has 0 saturated carbocycles. The van der Waals surface area contributed by atoms with E-state index < -0.39 is 11.6 Å². The fourth-order valence-corrected chi connectivity index (χ4v) is 2.63. The van der Waals surface area contributed by atoms with Gasteiger partial charge in [-0.2, -0.15) is 0 Å². The summed E-state index contributed by atoms with van der Waals surface area (Å²) in [6.45, 7) is 4.05. The first-order chi connectivity index (χ1) is 9.10. The number of ketones is 1. The summed E-state index contributed by atoms with van der Waals surface area (Å²) in [6.07, 6.45) is 3.35. The van der Waals surface area contributed by atoms with Gasteiger partial charge < -0.3 is 0 Å². The van der Waals surface area contributed by atoms with Crippen LogP contribution in [0.25, 0.3) is 0 Å². The highest BCUT2D eigenvalue weighted by Crippen LogP contribution is 2.20. The van der Waals surface area contributed by atoms with Crippen molar-refractivity contribution in [3.8, 4) is 0 Å². The Kier molecular flexibility index (Phi) is 4.64. The van der Waals surface area contributed by atoms with Crippen LogP contribution in [-0.2, 0) is 0 Å². The van der Waals surface area contributed by atoms with E-state index in [1.54, 1.807) is 0 Å². The minimum absolute atomic E-state index is 0.140. The molecular weight excluding hydrogens is 248 g/mol.